The molecule has 0 saturated carbocycles. The Balaban J connectivity index is 1.95. The molecule has 0 aliphatic rings. The van der Waals surface area contributed by atoms with E-state index in [9.17, 15) is 8.42 Å². The van der Waals surface area contributed by atoms with Crippen molar-refractivity contribution in [3.63, 3.8) is 0 Å². The van der Waals surface area contributed by atoms with Crippen LogP contribution < -0.4 is 4.74 Å². The summed E-state index contributed by atoms with van der Waals surface area (Å²) in [5, 5.41) is 4.45. The number of aryl methyl sites for hydroxylation is 1. The van der Waals surface area contributed by atoms with Gasteiger partial charge in [0.1, 0.15) is 10.6 Å². The number of benzene rings is 1. The van der Waals surface area contributed by atoms with Gasteiger partial charge in [-0.1, -0.05) is 11.6 Å². The second kappa shape index (κ2) is 6.85. The zero-order valence-electron chi connectivity index (χ0n) is 13.7. The molecule has 0 saturated heterocycles. The first kappa shape index (κ1) is 17.4. The Labute approximate surface area is 151 Å². The summed E-state index contributed by atoms with van der Waals surface area (Å²) >= 11 is 5.95. The lowest BCUT2D eigenvalue weighted by Crippen LogP contribution is -2.07. The van der Waals surface area contributed by atoms with Crippen LogP contribution in [0.5, 0.6) is 5.75 Å². The standard InChI is InChI=1S/C17H16ClN3O3S/c1-21-10-14(9-20-21)13-5-12(7-19-8-13)11-25(22,23)17-6-15(18)3-4-16(17)24-2/h3-10H,11H2,1-2H3. The minimum Gasteiger partial charge on any atom is -0.495 e. The summed E-state index contributed by atoms with van der Waals surface area (Å²) in [6.45, 7) is 0. The molecule has 0 radical (unpaired) electrons. The summed E-state index contributed by atoms with van der Waals surface area (Å²) in [6, 6.07) is 6.32. The highest BCUT2D eigenvalue weighted by molar-refractivity contribution is 7.90. The molecule has 0 aliphatic heterocycles. The van der Waals surface area contributed by atoms with Crippen LogP contribution in [0.15, 0.2) is 53.9 Å². The first-order valence-electron chi connectivity index (χ1n) is 7.38. The molecule has 2 heterocycles. The van der Waals surface area contributed by atoms with Crippen LogP contribution in [-0.2, 0) is 22.6 Å². The second-order valence-corrected chi connectivity index (χ2v) is 7.93. The second-order valence-electron chi connectivity index (χ2n) is 5.54. The highest BCUT2D eigenvalue weighted by Gasteiger charge is 2.21. The number of methoxy groups -OCH3 is 1. The third-order valence-electron chi connectivity index (χ3n) is 3.65. The van der Waals surface area contributed by atoms with E-state index in [2.05, 4.69) is 10.1 Å². The van der Waals surface area contributed by atoms with Gasteiger partial charge in [-0.05, 0) is 29.8 Å². The number of nitrogens with zero attached hydrogens (tertiary/aromatic N) is 3. The average Bonchev–Trinajstić information content (AvgIpc) is 3.01. The zero-order valence-corrected chi connectivity index (χ0v) is 15.3. The van der Waals surface area contributed by atoms with Gasteiger partial charge in [-0.15, -0.1) is 0 Å². The van der Waals surface area contributed by atoms with Crippen LogP contribution in [0.2, 0.25) is 5.02 Å². The summed E-state index contributed by atoms with van der Waals surface area (Å²) in [5.41, 5.74) is 2.25. The average molecular weight is 378 g/mol. The molecule has 2 aromatic heterocycles. The maximum atomic E-state index is 12.8. The predicted octanol–water partition coefficient (Wildman–Crippen LogP) is 3.12. The summed E-state index contributed by atoms with van der Waals surface area (Å²) in [5.74, 6) is 0.0610. The third kappa shape index (κ3) is 3.83. The van der Waals surface area contributed by atoms with E-state index in [4.69, 9.17) is 16.3 Å². The largest absolute Gasteiger partial charge is 0.495 e. The van der Waals surface area contributed by atoms with Crippen LogP contribution in [-0.4, -0.2) is 30.3 Å². The number of aromatic nitrogens is 3. The molecule has 0 bridgehead atoms. The molecule has 0 unspecified atom stereocenters. The van der Waals surface area contributed by atoms with Crippen molar-refractivity contribution in [3.05, 3.63) is 59.6 Å². The number of pyridine rings is 1. The van der Waals surface area contributed by atoms with Crippen LogP contribution in [0.3, 0.4) is 0 Å². The SMILES string of the molecule is COc1ccc(Cl)cc1S(=O)(=O)Cc1cncc(-c2cnn(C)c2)c1. The van der Waals surface area contributed by atoms with Crippen LogP contribution in [0, 0.1) is 0 Å². The number of ether oxygens (including phenoxy) is 1. The minimum atomic E-state index is -3.64. The molecule has 1 aromatic carbocycles. The van der Waals surface area contributed by atoms with Crippen molar-refractivity contribution in [1.82, 2.24) is 14.8 Å². The van der Waals surface area contributed by atoms with Gasteiger partial charge in [0, 0.05) is 41.8 Å². The van der Waals surface area contributed by atoms with Crippen molar-refractivity contribution >= 4 is 21.4 Å². The van der Waals surface area contributed by atoms with Crippen LogP contribution in [0.25, 0.3) is 11.1 Å². The molecule has 0 amide bonds. The van der Waals surface area contributed by atoms with E-state index in [1.165, 1.54) is 19.4 Å². The maximum absolute atomic E-state index is 12.8. The fourth-order valence-corrected chi connectivity index (χ4v) is 4.24. The van der Waals surface area contributed by atoms with E-state index in [1.807, 2.05) is 13.2 Å². The van der Waals surface area contributed by atoms with Crippen molar-refractivity contribution in [2.24, 2.45) is 7.05 Å². The summed E-state index contributed by atoms with van der Waals surface area (Å²) in [7, 11) is -0.403. The van der Waals surface area contributed by atoms with E-state index in [0.29, 0.717) is 10.6 Å². The Morgan fingerprint density at radius 1 is 1.16 bits per heavy atom. The number of rotatable bonds is 5. The molecular formula is C17H16ClN3O3S. The molecule has 0 aliphatic carbocycles. The van der Waals surface area contributed by atoms with Gasteiger partial charge >= 0.3 is 0 Å². The predicted molar refractivity (Wildman–Crippen MR) is 95.3 cm³/mol. The van der Waals surface area contributed by atoms with E-state index in [0.717, 1.165) is 11.1 Å². The molecule has 0 spiro atoms. The lowest BCUT2D eigenvalue weighted by Gasteiger charge is -2.10. The molecule has 3 aromatic rings. The van der Waals surface area contributed by atoms with Crippen LogP contribution in [0.1, 0.15) is 5.56 Å². The van der Waals surface area contributed by atoms with Crippen molar-refractivity contribution < 1.29 is 13.2 Å². The van der Waals surface area contributed by atoms with Crippen LogP contribution in [0.4, 0.5) is 0 Å². The van der Waals surface area contributed by atoms with E-state index in [1.54, 1.807) is 35.3 Å². The molecule has 6 nitrogen and oxygen atoms in total. The molecule has 130 valence electrons. The lowest BCUT2D eigenvalue weighted by atomic mass is 10.1. The molecule has 0 N–H and O–H groups in total. The summed E-state index contributed by atoms with van der Waals surface area (Å²) in [6.07, 6.45) is 6.76. The smallest absolute Gasteiger partial charge is 0.186 e. The lowest BCUT2D eigenvalue weighted by molar-refractivity contribution is 0.402. The molecular weight excluding hydrogens is 362 g/mol. The Morgan fingerprint density at radius 3 is 2.64 bits per heavy atom. The van der Waals surface area contributed by atoms with Gasteiger partial charge < -0.3 is 4.74 Å². The minimum absolute atomic E-state index is 0.0641. The summed E-state index contributed by atoms with van der Waals surface area (Å²) in [4.78, 5) is 4.21. The Kier molecular flexibility index (Phi) is 4.78. The maximum Gasteiger partial charge on any atom is 0.186 e. The molecule has 0 fully saturated rings. The Morgan fingerprint density at radius 2 is 1.96 bits per heavy atom. The first-order chi connectivity index (χ1) is 11.9. The molecule has 0 atom stereocenters. The molecule has 3 rings (SSSR count). The highest BCUT2D eigenvalue weighted by Crippen LogP contribution is 2.30. The monoisotopic (exact) mass is 377 g/mol. The molecule has 25 heavy (non-hydrogen) atoms. The normalized spacial score (nSPS) is 11.5. The third-order valence-corrected chi connectivity index (χ3v) is 5.59. The fourth-order valence-electron chi connectivity index (χ4n) is 2.49. The quantitative estimate of drug-likeness (QED) is 0.683. The van der Waals surface area contributed by atoms with Gasteiger partial charge in [0.25, 0.3) is 0 Å². The van der Waals surface area contributed by atoms with Gasteiger partial charge in [-0.25, -0.2) is 8.42 Å². The van der Waals surface area contributed by atoms with E-state index < -0.39 is 9.84 Å². The number of sulfone groups is 1. The Bertz CT molecular complexity index is 1020. The van der Waals surface area contributed by atoms with Gasteiger partial charge in [-0.3, -0.25) is 9.67 Å². The van der Waals surface area contributed by atoms with Crippen molar-refractivity contribution in [1.29, 1.82) is 0 Å². The Hall–Kier alpha value is -2.38. The van der Waals surface area contributed by atoms with Gasteiger partial charge in [-0.2, -0.15) is 5.10 Å². The fraction of sp³-hybridized carbons (Fsp3) is 0.176. The van der Waals surface area contributed by atoms with Crippen molar-refractivity contribution in [2.75, 3.05) is 7.11 Å². The molecule has 8 heteroatoms. The van der Waals surface area contributed by atoms with Gasteiger partial charge in [0.2, 0.25) is 0 Å². The topological polar surface area (TPSA) is 74.1 Å². The van der Waals surface area contributed by atoms with Gasteiger partial charge in [0.05, 0.1) is 19.1 Å². The number of hydrogen-bond acceptors (Lipinski definition) is 5. The number of hydrogen-bond donors (Lipinski definition) is 0. The van der Waals surface area contributed by atoms with Gasteiger partial charge in [0.15, 0.2) is 9.84 Å². The van der Waals surface area contributed by atoms with E-state index >= 15 is 0 Å². The highest BCUT2D eigenvalue weighted by atomic mass is 35.5. The zero-order chi connectivity index (χ0) is 18.0. The van der Waals surface area contributed by atoms with E-state index in [-0.39, 0.29) is 16.4 Å². The van der Waals surface area contributed by atoms with Crippen LogP contribution >= 0.6 is 11.6 Å². The number of halogens is 1. The van der Waals surface area contributed by atoms with Crippen molar-refractivity contribution in [3.8, 4) is 16.9 Å². The summed E-state index contributed by atoms with van der Waals surface area (Å²) < 4.78 is 32.4. The van der Waals surface area contributed by atoms with Crippen molar-refractivity contribution in [2.45, 2.75) is 10.6 Å². The first-order valence-corrected chi connectivity index (χ1v) is 9.41.